The van der Waals surface area contributed by atoms with Gasteiger partial charge in [0.15, 0.2) is 17.3 Å². The Hall–Kier alpha value is -3.82. The molecule has 9 nitrogen and oxygen atoms in total. The lowest BCUT2D eigenvalue weighted by atomic mass is 10.2. The number of aromatic nitrogens is 2. The fourth-order valence-electron chi connectivity index (χ4n) is 2.98. The van der Waals surface area contributed by atoms with Gasteiger partial charge in [-0.15, -0.1) is 0 Å². The van der Waals surface area contributed by atoms with Crippen LogP contribution in [0, 0.1) is 10.1 Å². The van der Waals surface area contributed by atoms with Gasteiger partial charge >= 0.3 is 5.69 Å². The zero-order chi connectivity index (χ0) is 23.4. The maximum absolute atomic E-state index is 12.5. The molecule has 4 rings (SSSR count). The molecular weight excluding hydrogens is 471 g/mol. The van der Waals surface area contributed by atoms with Gasteiger partial charge in [0.05, 0.1) is 11.5 Å². The van der Waals surface area contributed by atoms with Crippen molar-refractivity contribution in [3.8, 4) is 5.75 Å². The monoisotopic (exact) mass is 486 g/mol. The number of halogens is 2. The summed E-state index contributed by atoms with van der Waals surface area (Å²) in [5.41, 5.74) is 0.675. The Labute approximate surface area is 197 Å². The average molecular weight is 487 g/mol. The third-order valence-electron chi connectivity index (χ3n) is 4.55. The maximum Gasteiger partial charge on any atom is 0.310 e. The number of furan rings is 1. The summed E-state index contributed by atoms with van der Waals surface area (Å²) in [6, 6.07) is 15.9. The first-order valence-corrected chi connectivity index (χ1v) is 10.4. The van der Waals surface area contributed by atoms with E-state index >= 15 is 0 Å². The molecule has 0 saturated carbocycles. The highest BCUT2D eigenvalue weighted by atomic mass is 35.5. The lowest BCUT2D eigenvalue weighted by Gasteiger charge is -2.05. The molecule has 0 spiro atoms. The number of carbonyl (C=O) groups excluding carboxylic acids is 1. The van der Waals surface area contributed by atoms with E-state index in [4.69, 9.17) is 32.4 Å². The van der Waals surface area contributed by atoms with Crippen molar-refractivity contribution in [1.29, 1.82) is 0 Å². The minimum absolute atomic E-state index is 0.0476. The molecule has 0 saturated heterocycles. The summed E-state index contributed by atoms with van der Waals surface area (Å²) in [7, 11) is 0. The standard InChI is InChI=1S/C22H16Cl2N4O5/c23-15-6-5-14(17(24)11-15)12-27-10-9-21(26-27)25-22(29)20-8-7-16(33-20)13-32-19-4-2-1-3-18(19)28(30)31/h1-11H,12-13H2,(H,25,26,29). The van der Waals surface area contributed by atoms with Gasteiger partial charge in [-0.25, -0.2) is 0 Å². The fourth-order valence-corrected chi connectivity index (χ4v) is 3.44. The van der Waals surface area contributed by atoms with Gasteiger partial charge in [0.2, 0.25) is 0 Å². The molecule has 33 heavy (non-hydrogen) atoms. The highest BCUT2D eigenvalue weighted by molar-refractivity contribution is 6.35. The summed E-state index contributed by atoms with van der Waals surface area (Å²) in [6.45, 7) is 0.328. The molecule has 2 heterocycles. The summed E-state index contributed by atoms with van der Waals surface area (Å²) in [4.78, 5) is 23.0. The molecule has 0 aliphatic carbocycles. The van der Waals surface area contributed by atoms with E-state index < -0.39 is 10.8 Å². The SMILES string of the molecule is O=C(Nc1ccn(Cc2ccc(Cl)cc2Cl)n1)c1ccc(COc2ccccc2[N+](=O)[O-])o1. The molecule has 0 bridgehead atoms. The normalized spacial score (nSPS) is 10.7. The van der Waals surface area contributed by atoms with Gasteiger partial charge in [-0.3, -0.25) is 19.6 Å². The number of hydrogen-bond acceptors (Lipinski definition) is 6. The molecule has 2 aromatic carbocycles. The van der Waals surface area contributed by atoms with E-state index in [0.29, 0.717) is 28.2 Å². The topological polar surface area (TPSA) is 112 Å². The van der Waals surface area contributed by atoms with Gasteiger partial charge in [0.25, 0.3) is 5.91 Å². The van der Waals surface area contributed by atoms with Crippen LogP contribution < -0.4 is 10.1 Å². The maximum atomic E-state index is 12.5. The Morgan fingerprint density at radius 3 is 2.76 bits per heavy atom. The van der Waals surface area contributed by atoms with Gasteiger partial charge in [-0.1, -0.05) is 41.4 Å². The summed E-state index contributed by atoms with van der Waals surface area (Å²) < 4.78 is 12.6. The van der Waals surface area contributed by atoms with Gasteiger partial charge in [-0.2, -0.15) is 5.10 Å². The zero-order valence-electron chi connectivity index (χ0n) is 16.9. The van der Waals surface area contributed by atoms with Crippen molar-refractivity contribution >= 4 is 40.6 Å². The Bertz CT molecular complexity index is 1320. The second kappa shape index (κ2) is 9.76. The van der Waals surface area contributed by atoms with Gasteiger partial charge in [0.1, 0.15) is 12.4 Å². The predicted molar refractivity (Wildman–Crippen MR) is 122 cm³/mol. The van der Waals surface area contributed by atoms with Crippen molar-refractivity contribution in [2.24, 2.45) is 0 Å². The smallest absolute Gasteiger partial charge is 0.310 e. The number of nitrogens with zero attached hydrogens (tertiary/aromatic N) is 3. The van der Waals surface area contributed by atoms with Crippen LogP contribution in [0.3, 0.4) is 0 Å². The molecule has 2 aromatic heterocycles. The average Bonchev–Trinajstić information content (AvgIpc) is 3.44. The molecule has 0 fully saturated rings. The second-order valence-electron chi connectivity index (χ2n) is 6.87. The second-order valence-corrected chi connectivity index (χ2v) is 7.71. The largest absolute Gasteiger partial charge is 0.479 e. The third kappa shape index (κ3) is 5.51. The lowest BCUT2D eigenvalue weighted by Crippen LogP contribution is -2.12. The first kappa shape index (κ1) is 22.4. The Morgan fingerprint density at radius 1 is 1.15 bits per heavy atom. The molecule has 0 aliphatic heterocycles. The molecule has 0 radical (unpaired) electrons. The van der Waals surface area contributed by atoms with Crippen LogP contribution in [0.5, 0.6) is 5.75 Å². The minimum atomic E-state index is -0.531. The molecule has 0 unspecified atom stereocenters. The van der Waals surface area contributed by atoms with Crippen molar-refractivity contribution in [2.75, 3.05) is 5.32 Å². The number of anilines is 1. The van der Waals surface area contributed by atoms with Crippen LogP contribution in [-0.4, -0.2) is 20.6 Å². The molecule has 1 N–H and O–H groups in total. The number of nitrogens with one attached hydrogen (secondary N) is 1. The number of benzene rings is 2. The van der Waals surface area contributed by atoms with E-state index in [-0.39, 0.29) is 23.8 Å². The highest BCUT2D eigenvalue weighted by Gasteiger charge is 2.16. The van der Waals surface area contributed by atoms with Crippen LogP contribution in [0.2, 0.25) is 10.0 Å². The lowest BCUT2D eigenvalue weighted by molar-refractivity contribution is -0.386. The summed E-state index contributed by atoms with van der Waals surface area (Å²) in [6.07, 6.45) is 1.70. The minimum Gasteiger partial charge on any atom is -0.479 e. The number of carbonyl (C=O) groups is 1. The molecule has 4 aromatic rings. The van der Waals surface area contributed by atoms with E-state index in [2.05, 4.69) is 10.4 Å². The summed E-state index contributed by atoms with van der Waals surface area (Å²) in [5.74, 6) is 0.324. The van der Waals surface area contributed by atoms with E-state index in [1.165, 1.54) is 18.2 Å². The number of nitro groups is 1. The van der Waals surface area contributed by atoms with Crippen LogP contribution in [0.4, 0.5) is 11.5 Å². The zero-order valence-corrected chi connectivity index (χ0v) is 18.4. The van der Waals surface area contributed by atoms with Gasteiger partial charge < -0.3 is 14.5 Å². The quantitative estimate of drug-likeness (QED) is 0.257. The molecular formula is C22H16Cl2N4O5. The van der Waals surface area contributed by atoms with Gasteiger partial charge in [-0.05, 0) is 35.9 Å². The van der Waals surface area contributed by atoms with Gasteiger partial charge in [0, 0.05) is 28.4 Å². The first-order chi connectivity index (χ1) is 15.9. The fraction of sp³-hybridized carbons (Fsp3) is 0.0909. The number of para-hydroxylation sites is 2. The van der Waals surface area contributed by atoms with Crippen LogP contribution in [0.1, 0.15) is 21.9 Å². The van der Waals surface area contributed by atoms with Crippen LogP contribution in [-0.2, 0) is 13.2 Å². The van der Waals surface area contributed by atoms with Crippen molar-refractivity contribution in [3.63, 3.8) is 0 Å². The summed E-state index contributed by atoms with van der Waals surface area (Å²) in [5, 5.41) is 19.1. The van der Waals surface area contributed by atoms with Crippen molar-refractivity contribution in [2.45, 2.75) is 13.2 Å². The highest BCUT2D eigenvalue weighted by Crippen LogP contribution is 2.27. The van der Waals surface area contributed by atoms with Crippen LogP contribution in [0.15, 0.2) is 71.3 Å². The van der Waals surface area contributed by atoms with Crippen molar-refractivity contribution in [1.82, 2.24) is 9.78 Å². The Kier molecular flexibility index (Phi) is 6.62. The predicted octanol–water partition coefficient (Wildman–Crippen LogP) is 5.57. The third-order valence-corrected chi connectivity index (χ3v) is 5.13. The molecule has 1 amide bonds. The number of rotatable bonds is 8. The van der Waals surface area contributed by atoms with E-state index in [0.717, 1.165) is 5.56 Å². The Morgan fingerprint density at radius 2 is 1.97 bits per heavy atom. The molecule has 168 valence electrons. The number of amides is 1. The van der Waals surface area contributed by atoms with Crippen LogP contribution >= 0.6 is 23.2 Å². The Balaban J connectivity index is 1.36. The number of ether oxygens (including phenoxy) is 1. The first-order valence-electron chi connectivity index (χ1n) is 9.63. The molecule has 0 aliphatic rings. The van der Waals surface area contributed by atoms with Crippen LogP contribution in [0.25, 0.3) is 0 Å². The number of hydrogen-bond donors (Lipinski definition) is 1. The van der Waals surface area contributed by atoms with E-state index in [1.54, 1.807) is 53.3 Å². The molecule has 0 atom stereocenters. The number of nitro benzene ring substituents is 1. The van der Waals surface area contributed by atoms with E-state index in [1.807, 2.05) is 0 Å². The summed E-state index contributed by atoms with van der Waals surface area (Å²) >= 11 is 12.1. The molecule has 11 heteroatoms. The van der Waals surface area contributed by atoms with Crippen molar-refractivity contribution in [3.05, 3.63) is 104 Å². The van der Waals surface area contributed by atoms with Crippen molar-refractivity contribution < 1.29 is 18.9 Å². The van der Waals surface area contributed by atoms with E-state index in [9.17, 15) is 14.9 Å².